The van der Waals surface area contributed by atoms with Gasteiger partial charge in [0.15, 0.2) is 11.9 Å². The number of fused-ring (bicyclic) bond motifs is 1. The third-order valence-corrected chi connectivity index (χ3v) is 5.41. The number of carbonyl (C=O) groups excluding carboxylic acids is 2. The maximum atomic E-state index is 12.9. The summed E-state index contributed by atoms with van der Waals surface area (Å²) >= 11 is 0. The van der Waals surface area contributed by atoms with E-state index in [1.54, 1.807) is 13.8 Å². The summed E-state index contributed by atoms with van der Waals surface area (Å²) in [7, 11) is 0. The molecule has 1 aromatic heterocycles. The van der Waals surface area contributed by atoms with Crippen molar-refractivity contribution in [3.05, 3.63) is 56.4 Å². The molecule has 0 spiro atoms. The molecule has 2 aliphatic rings. The molecule has 4 rings (SSSR count). The van der Waals surface area contributed by atoms with E-state index in [2.05, 4.69) is 15.4 Å². The van der Waals surface area contributed by atoms with Crippen LogP contribution in [0.3, 0.4) is 0 Å². The molecular formula is C19H18N6O6. The Labute approximate surface area is 175 Å². The monoisotopic (exact) mass is 426 g/mol. The molecule has 1 saturated carbocycles. The van der Waals surface area contributed by atoms with Gasteiger partial charge in [0.05, 0.1) is 16.0 Å². The number of Topliss-reactive ketones (excluding diaryl/α,β-unsaturated/α-hetero) is 2. The number of allylic oxidation sites excluding steroid dienone is 1. The fraction of sp³-hybridized carbons (Fsp3) is 0.368. The number of nitro benzene ring substituents is 1. The number of non-ortho nitro benzene ring substituents is 1. The van der Waals surface area contributed by atoms with Crippen LogP contribution in [0.4, 0.5) is 11.6 Å². The number of hydrogen-bond acceptors (Lipinski definition) is 9. The summed E-state index contributed by atoms with van der Waals surface area (Å²) in [6.45, 7) is 3.61. The molecule has 1 aliphatic carbocycles. The standard InChI is InChI=1S/C19H18N6O6/c1-19(2)7-13(26)15(14(27)8-19)16-12(25(30)31)9-20-18-21-17(22-23(16)18)10-3-5-11(6-4-10)24(28)29/h3-6,9,15-16H,7-8H2,1-2H3,(H,20,21,22). The van der Waals surface area contributed by atoms with Crippen LogP contribution >= 0.6 is 0 Å². The quantitative estimate of drug-likeness (QED) is 0.439. The Balaban J connectivity index is 1.77. The largest absolute Gasteiger partial charge is 0.325 e. The van der Waals surface area contributed by atoms with Crippen LogP contribution in [0.15, 0.2) is 36.2 Å². The summed E-state index contributed by atoms with van der Waals surface area (Å²) in [5, 5.41) is 29.5. The summed E-state index contributed by atoms with van der Waals surface area (Å²) in [5.41, 5.74) is -0.537. The van der Waals surface area contributed by atoms with Gasteiger partial charge in [0.25, 0.3) is 11.4 Å². The van der Waals surface area contributed by atoms with E-state index < -0.39 is 27.2 Å². The highest BCUT2D eigenvalue weighted by Crippen LogP contribution is 2.42. The molecule has 1 atom stereocenters. The van der Waals surface area contributed by atoms with Crippen LogP contribution in [0.1, 0.15) is 32.7 Å². The van der Waals surface area contributed by atoms with E-state index in [0.717, 1.165) is 6.20 Å². The summed E-state index contributed by atoms with van der Waals surface area (Å²) in [4.78, 5) is 51.4. The first-order valence-electron chi connectivity index (χ1n) is 9.45. The zero-order chi connectivity index (χ0) is 22.5. The molecule has 160 valence electrons. The molecule has 1 aromatic carbocycles. The maximum Gasteiger partial charge on any atom is 0.287 e. The first kappa shape index (κ1) is 20.3. The van der Waals surface area contributed by atoms with Crippen molar-refractivity contribution in [3.8, 4) is 11.4 Å². The van der Waals surface area contributed by atoms with Gasteiger partial charge in [0, 0.05) is 30.5 Å². The van der Waals surface area contributed by atoms with Gasteiger partial charge in [-0.05, 0) is 17.5 Å². The van der Waals surface area contributed by atoms with Crippen LogP contribution in [-0.4, -0.2) is 36.2 Å². The zero-order valence-corrected chi connectivity index (χ0v) is 16.6. The average Bonchev–Trinajstić information content (AvgIpc) is 3.11. The van der Waals surface area contributed by atoms with Gasteiger partial charge in [-0.1, -0.05) is 13.8 Å². The molecule has 12 nitrogen and oxygen atoms in total. The summed E-state index contributed by atoms with van der Waals surface area (Å²) < 4.78 is 1.19. The molecule has 31 heavy (non-hydrogen) atoms. The molecule has 1 unspecified atom stereocenters. The second-order valence-electron chi connectivity index (χ2n) is 8.35. The van der Waals surface area contributed by atoms with Gasteiger partial charge < -0.3 is 5.32 Å². The number of anilines is 1. The highest BCUT2D eigenvalue weighted by Gasteiger charge is 2.50. The minimum atomic E-state index is -1.24. The number of nitrogens with zero attached hydrogens (tertiary/aromatic N) is 5. The van der Waals surface area contributed by atoms with E-state index in [0.29, 0.717) is 5.56 Å². The maximum absolute atomic E-state index is 12.9. The Hall–Kier alpha value is -3.96. The van der Waals surface area contributed by atoms with Crippen molar-refractivity contribution < 1.29 is 19.4 Å². The summed E-state index contributed by atoms with van der Waals surface area (Å²) in [6.07, 6.45) is 1.36. The van der Waals surface area contributed by atoms with Crippen LogP contribution in [0, 0.1) is 31.6 Å². The molecule has 1 N–H and O–H groups in total. The minimum absolute atomic E-state index is 0.109. The molecule has 0 bridgehead atoms. The van der Waals surface area contributed by atoms with Crippen molar-refractivity contribution in [1.29, 1.82) is 0 Å². The minimum Gasteiger partial charge on any atom is -0.325 e. The molecule has 0 radical (unpaired) electrons. The topological polar surface area (TPSA) is 163 Å². The number of nitro groups is 2. The average molecular weight is 426 g/mol. The lowest BCUT2D eigenvalue weighted by atomic mass is 9.69. The van der Waals surface area contributed by atoms with Crippen LogP contribution in [0.5, 0.6) is 0 Å². The van der Waals surface area contributed by atoms with Crippen molar-refractivity contribution in [2.75, 3.05) is 5.32 Å². The van der Waals surface area contributed by atoms with Gasteiger partial charge in [0.1, 0.15) is 17.5 Å². The van der Waals surface area contributed by atoms with Gasteiger partial charge in [-0.3, -0.25) is 29.8 Å². The Morgan fingerprint density at radius 2 is 1.68 bits per heavy atom. The SMILES string of the molecule is CC1(C)CC(=O)C(C2C([N+](=O)[O-])=CNc3nc(-c4ccc([N+](=O)[O-])cc4)nn32)C(=O)C1. The Morgan fingerprint density at radius 3 is 2.23 bits per heavy atom. The number of nitrogens with one attached hydrogen (secondary N) is 1. The van der Waals surface area contributed by atoms with Crippen LogP contribution < -0.4 is 5.32 Å². The second kappa shape index (κ2) is 7.07. The lowest BCUT2D eigenvalue weighted by molar-refractivity contribution is -0.434. The Kier molecular flexibility index (Phi) is 4.64. The molecule has 12 heteroatoms. The fourth-order valence-corrected chi connectivity index (χ4v) is 4.05. The van der Waals surface area contributed by atoms with Gasteiger partial charge in [0.2, 0.25) is 5.95 Å². The molecule has 1 fully saturated rings. The molecule has 0 saturated heterocycles. The van der Waals surface area contributed by atoms with Crippen LogP contribution in [0.25, 0.3) is 11.4 Å². The predicted molar refractivity (Wildman–Crippen MR) is 106 cm³/mol. The van der Waals surface area contributed by atoms with Crippen molar-refractivity contribution in [1.82, 2.24) is 14.8 Å². The number of carbonyl (C=O) groups is 2. The van der Waals surface area contributed by atoms with E-state index in [4.69, 9.17) is 0 Å². The lowest BCUT2D eigenvalue weighted by Crippen LogP contribution is -2.44. The second-order valence-corrected chi connectivity index (χ2v) is 8.35. The van der Waals surface area contributed by atoms with Gasteiger partial charge in [-0.15, -0.1) is 5.10 Å². The predicted octanol–water partition coefficient (Wildman–Crippen LogP) is 2.51. The van der Waals surface area contributed by atoms with E-state index in [1.165, 1.54) is 28.9 Å². The number of benzene rings is 1. The Morgan fingerprint density at radius 1 is 1.06 bits per heavy atom. The zero-order valence-electron chi connectivity index (χ0n) is 16.6. The fourth-order valence-electron chi connectivity index (χ4n) is 4.05. The van der Waals surface area contributed by atoms with E-state index in [9.17, 15) is 29.8 Å². The number of ketones is 2. The van der Waals surface area contributed by atoms with E-state index in [1.807, 2.05) is 0 Å². The third kappa shape index (κ3) is 3.56. The van der Waals surface area contributed by atoms with Crippen molar-refractivity contribution in [2.45, 2.75) is 32.7 Å². The normalized spacial score (nSPS) is 20.6. The molecule has 1 aliphatic heterocycles. The summed E-state index contributed by atoms with van der Waals surface area (Å²) in [6, 6.07) is 4.25. The Bertz CT molecular complexity index is 1130. The molecule has 2 aromatic rings. The first-order valence-corrected chi connectivity index (χ1v) is 9.45. The smallest absolute Gasteiger partial charge is 0.287 e. The van der Waals surface area contributed by atoms with E-state index in [-0.39, 0.29) is 47.6 Å². The van der Waals surface area contributed by atoms with Crippen molar-refractivity contribution in [2.24, 2.45) is 11.3 Å². The van der Waals surface area contributed by atoms with E-state index >= 15 is 0 Å². The number of rotatable bonds is 4. The summed E-state index contributed by atoms with van der Waals surface area (Å²) in [5.74, 6) is -1.71. The van der Waals surface area contributed by atoms with Crippen LogP contribution in [-0.2, 0) is 9.59 Å². The highest BCUT2D eigenvalue weighted by atomic mass is 16.6. The van der Waals surface area contributed by atoms with Gasteiger partial charge in [-0.25, -0.2) is 4.68 Å². The molecule has 0 amide bonds. The van der Waals surface area contributed by atoms with Crippen LogP contribution in [0.2, 0.25) is 0 Å². The third-order valence-electron chi connectivity index (χ3n) is 5.41. The van der Waals surface area contributed by atoms with Crippen molar-refractivity contribution >= 4 is 23.2 Å². The first-order chi connectivity index (χ1) is 14.6. The van der Waals surface area contributed by atoms with Crippen molar-refractivity contribution in [3.63, 3.8) is 0 Å². The number of aromatic nitrogens is 3. The highest BCUT2D eigenvalue weighted by molar-refractivity contribution is 6.06. The molecular weight excluding hydrogens is 408 g/mol. The van der Waals surface area contributed by atoms with Gasteiger partial charge in [-0.2, -0.15) is 4.98 Å². The molecule has 2 heterocycles. The lowest BCUT2D eigenvalue weighted by Gasteiger charge is -2.35. The number of hydrogen-bond donors (Lipinski definition) is 1. The van der Waals surface area contributed by atoms with Gasteiger partial charge >= 0.3 is 0 Å².